The zero-order valence-electron chi connectivity index (χ0n) is 11.9. The van der Waals surface area contributed by atoms with Crippen LogP contribution in [0.3, 0.4) is 0 Å². The molecule has 0 saturated heterocycles. The fourth-order valence-electron chi connectivity index (χ4n) is 2.30. The summed E-state index contributed by atoms with van der Waals surface area (Å²) in [6.45, 7) is 2.03. The number of sulfone groups is 1. The van der Waals surface area contributed by atoms with E-state index in [0.717, 1.165) is 11.8 Å². The lowest BCUT2D eigenvalue weighted by molar-refractivity contribution is 0.0559. The van der Waals surface area contributed by atoms with Gasteiger partial charge in [-0.3, -0.25) is 4.18 Å². The zero-order valence-corrected chi connectivity index (χ0v) is 13.5. The van der Waals surface area contributed by atoms with Crippen LogP contribution in [-0.4, -0.2) is 42.1 Å². The normalized spacial score (nSPS) is 19.2. The molecule has 1 unspecified atom stereocenters. The van der Waals surface area contributed by atoms with Gasteiger partial charge in [-0.15, -0.1) is 0 Å². The third-order valence-electron chi connectivity index (χ3n) is 3.23. The maximum absolute atomic E-state index is 11.7. The Hall–Kier alpha value is -0.960. The molecule has 0 radical (unpaired) electrons. The van der Waals surface area contributed by atoms with Gasteiger partial charge in [0.2, 0.25) is 0 Å². The van der Waals surface area contributed by atoms with Crippen molar-refractivity contribution in [2.24, 2.45) is 0 Å². The molecular weight excluding hydrogens is 316 g/mol. The van der Waals surface area contributed by atoms with Crippen LogP contribution >= 0.6 is 0 Å². The van der Waals surface area contributed by atoms with Gasteiger partial charge in [0.05, 0.1) is 24.2 Å². The molecule has 1 aliphatic heterocycles. The van der Waals surface area contributed by atoms with E-state index in [1.807, 2.05) is 0 Å². The molecule has 21 heavy (non-hydrogen) atoms. The Bertz CT molecular complexity index is 721. The summed E-state index contributed by atoms with van der Waals surface area (Å²) < 4.78 is 56.8. The largest absolute Gasteiger partial charge is 0.372 e. The van der Waals surface area contributed by atoms with Crippen molar-refractivity contribution in [3.05, 3.63) is 29.3 Å². The van der Waals surface area contributed by atoms with Crippen LogP contribution in [-0.2, 0) is 35.3 Å². The summed E-state index contributed by atoms with van der Waals surface area (Å²) in [7, 11) is -6.94. The molecule has 0 N–H and O–H groups in total. The van der Waals surface area contributed by atoms with E-state index in [-0.39, 0.29) is 17.3 Å². The second-order valence-corrected chi connectivity index (χ2v) is 8.57. The van der Waals surface area contributed by atoms with Crippen molar-refractivity contribution in [3.8, 4) is 0 Å². The monoisotopic (exact) mass is 334 g/mol. The summed E-state index contributed by atoms with van der Waals surface area (Å²) >= 11 is 0. The minimum absolute atomic E-state index is 0.0783. The molecule has 0 aromatic heterocycles. The second-order valence-electron chi connectivity index (χ2n) is 4.87. The second kappa shape index (κ2) is 6.04. The highest BCUT2D eigenvalue weighted by Crippen LogP contribution is 2.30. The van der Waals surface area contributed by atoms with Crippen LogP contribution in [0.25, 0.3) is 0 Å². The fourth-order valence-corrected chi connectivity index (χ4v) is 4.07. The van der Waals surface area contributed by atoms with Crippen LogP contribution in [0.5, 0.6) is 0 Å². The van der Waals surface area contributed by atoms with Crippen LogP contribution in [0.15, 0.2) is 23.1 Å². The number of benzene rings is 1. The molecule has 1 aliphatic rings. The van der Waals surface area contributed by atoms with Crippen LogP contribution in [0, 0.1) is 0 Å². The molecule has 0 amide bonds. The van der Waals surface area contributed by atoms with Crippen molar-refractivity contribution in [1.29, 1.82) is 0 Å². The third kappa shape index (κ3) is 4.03. The van der Waals surface area contributed by atoms with Gasteiger partial charge in [0, 0.05) is 6.26 Å². The predicted octanol–water partition coefficient (Wildman–Crippen LogP) is 1.07. The summed E-state index contributed by atoms with van der Waals surface area (Å²) in [6, 6.07) is 4.69. The lowest BCUT2D eigenvalue weighted by Gasteiger charge is -2.26. The molecule has 1 atom stereocenters. The Morgan fingerprint density at radius 3 is 2.62 bits per heavy atom. The van der Waals surface area contributed by atoms with Crippen molar-refractivity contribution < 1.29 is 25.8 Å². The van der Waals surface area contributed by atoms with Crippen molar-refractivity contribution in [2.75, 3.05) is 25.2 Å². The van der Waals surface area contributed by atoms with Gasteiger partial charge < -0.3 is 4.74 Å². The Balaban J connectivity index is 2.32. The topological polar surface area (TPSA) is 86.7 Å². The van der Waals surface area contributed by atoms with E-state index in [1.165, 1.54) is 6.07 Å². The molecule has 118 valence electrons. The Kier molecular flexibility index (Phi) is 4.72. The minimum atomic E-state index is -3.66. The summed E-state index contributed by atoms with van der Waals surface area (Å²) in [5, 5.41) is 0. The molecule has 1 aromatic carbocycles. The average Bonchev–Trinajstić information content (AvgIpc) is 2.37. The first-order chi connectivity index (χ1) is 9.73. The van der Waals surface area contributed by atoms with Gasteiger partial charge in [-0.05, 0) is 36.6 Å². The fraction of sp³-hybridized carbons (Fsp3) is 0.538. The zero-order chi connectivity index (χ0) is 15.7. The highest BCUT2D eigenvalue weighted by Gasteiger charge is 2.27. The van der Waals surface area contributed by atoms with E-state index in [9.17, 15) is 16.8 Å². The molecule has 1 aromatic rings. The van der Waals surface area contributed by atoms with Gasteiger partial charge in [0.1, 0.15) is 5.75 Å². The highest BCUT2D eigenvalue weighted by molar-refractivity contribution is 7.90. The summed E-state index contributed by atoms with van der Waals surface area (Å²) in [5.41, 5.74) is 1.51. The van der Waals surface area contributed by atoms with Crippen molar-refractivity contribution in [3.63, 3.8) is 0 Å². The van der Waals surface area contributed by atoms with E-state index < -0.39 is 26.1 Å². The first-order valence-corrected chi connectivity index (χ1v) is 10.0. The molecule has 6 nitrogen and oxygen atoms in total. The smallest absolute Gasteiger partial charge is 0.270 e. The van der Waals surface area contributed by atoms with Gasteiger partial charge in [-0.2, -0.15) is 8.42 Å². The molecule has 0 saturated carbocycles. The number of ether oxygens (including phenoxy) is 1. The number of fused-ring (bicyclic) bond motifs is 1. The van der Waals surface area contributed by atoms with Crippen molar-refractivity contribution >= 4 is 20.0 Å². The molecule has 0 fully saturated rings. The number of hydrogen-bond donors (Lipinski definition) is 0. The molecule has 0 aliphatic carbocycles. The molecule has 2 rings (SSSR count). The van der Waals surface area contributed by atoms with Gasteiger partial charge in [0.15, 0.2) is 9.84 Å². The molecule has 8 heteroatoms. The van der Waals surface area contributed by atoms with E-state index in [4.69, 9.17) is 8.92 Å². The molecular formula is C13H18O6S2. The molecule has 0 bridgehead atoms. The molecule has 0 spiro atoms. The van der Waals surface area contributed by atoms with Crippen LogP contribution in [0.2, 0.25) is 0 Å². The predicted molar refractivity (Wildman–Crippen MR) is 77.4 cm³/mol. The van der Waals surface area contributed by atoms with Crippen LogP contribution in [0.1, 0.15) is 24.2 Å². The lowest BCUT2D eigenvalue weighted by atomic mass is 9.98. The van der Waals surface area contributed by atoms with E-state index in [2.05, 4.69) is 0 Å². The van der Waals surface area contributed by atoms with E-state index in [0.29, 0.717) is 18.6 Å². The van der Waals surface area contributed by atoms with Gasteiger partial charge >= 0.3 is 0 Å². The summed E-state index contributed by atoms with van der Waals surface area (Å²) in [6.07, 6.45) is 1.08. The standard InChI is InChI=1S/C13H18O6S2/c1-3-19-21(16,17)9-13-12-5-4-11(20(2,14)15)8-10(12)6-7-18-13/h4-5,8,13H,3,6-7,9H2,1-2H3. The lowest BCUT2D eigenvalue weighted by Crippen LogP contribution is -2.25. The third-order valence-corrected chi connectivity index (χ3v) is 5.65. The number of rotatable bonds is 5. The van der Waals surface area contributed by atoms with Gasteiger partial charge in [-0.1, -0.05) is 6.07 Å². The Morgan fingerprint density at radius 2 is 2.00 bits per heavy atom. The highest BCUT2D eigenvalue weighted by atomic mass is 32.2. The quantitative estimate of drug-likeness (QED) is 0.749. The van der Waals surface area contributed by atoms with E-state index in [1.54, 1.807) is 19.1 Å². The van der Waals surface area contributed by atoms with Crippen molar-refractivity contribution in [2.45, 2.75) is 24.3 Å². The van der Waals surface area contributed by atoms with Gasteiger partial charge in [-0.25, -0.2) is 8.42 Å². The maximum Gasteiger partial charge on any atom is 0.270 e. The molecule has 1 heterocycles. The summed E-state index contributed by atoms with van der Waals surface area (Å²) in [4.78, 5) is 0.231. The van der Waals surface area contributed by atoms with E-state index >= 15 is 0 Å². The number of hydrogen-bond acceptors (Lipinski definition) is 6. The first kappa shape index (κ1) is 16.4. The summed E-state index contributed by atoms with van der Waals surface area (Å²) in [5.74, 6) is -0.272. The van der Waals surface area contributed by atoms with Gasteiger partial charge in [0.25, 0.3) is 10.1 Å². The van der Waals surface area contributed by atoms with Crippen LogP contribution in [0.4, 0.5) is 0 Å². The Morgan fingerprint density at radius 1 is 1.29 bits per heavy atom. The average molecular weight is 334 g/mol. The first-order valence-electron chi connectivity index (χ1n) is 6.54. The minimum Gasteiger partial charge on any atom is -0.372 e. The Labute approximate surface area is 125 Å². The maximum atomic E-state index is 11.7. The van der Waals surface area contributed by atoms with Crippen molar-refractivity contribution in [1.82, 2.24) is 0 Å². The van der Waals surface area contributed by atoms with Crippen LogP contribution < -0.4 is 0 Å². The SMILES string of the molecule is CCOS(=O)(=O)CC1OCCc2cc(S(C)(=O)=O)ccc21.